The highest BCUT2D eigenvalue weighted by atomic mass is 19.4. The van der Waals surface area contributed by atoms with Crippen LogP contribution in [0.15, 0.2) is 60.8 Å². The first-order valence-corrected chi connectivity index (χ1v) is 8.64. The number of amides is 2. The minimum Gasteiger partial charge on any atom is -0.471 e. The molecule has 1 aliphatic rings. The van der Waals surface area contributed by atoms with Gasteiger partial charge in [-0.1, -0.05) is 36.4 Å². The Labute approximate surface area is 158 Å². The van der Waals surface area contributed by atoms with Gasteiger partial charge in [0, 0.05) is 17.6 Å². The number of carbonyl (C=O) groups is 1. The monoisotopic (exact) mass is 387 g/mol. The minimum atomic E-state index is -4.45. The molecule has 2 amide bonds. The Morgan fingerprint density at radius 2 is 1.86 bits per heavy atom. The highest BCUT2D eigenvalue weighted by Gasteiger charge is 2.34. The maximum atomic E-state index is 12.7. The lowest BCUT2D eigenvalue weighted by Gasteiger charge is -2.38. The molecule has 0 atom stereocenters. The lowest BCUT2D eigenvalue weighted by atomic mass is 10.1. The highest BCUT2D eigenvalue weighted by Crippen LogP contribution is 2.31. The van der Waals surface area contributed by atoms with E-state index in [2.05, 4.69) is 10.3 Å². The number of urea groups is 1. The number of fused-ring (bicyclic) bond motifs is 1. The summed E-state index contributed by atoms with van der Waals surface area (Å²) < 4.78 is 43.7. The SMILES string of the molecule is O=C(Nc1cccc2ccccc12)N1CC(Oc2cc(C(F)(F)F)ccn2)C1. The fourth-order valence-corrected chi connectivity index (χ4v) is 3.03. The summed E-state index contributed by atoms with van der Waals surface area (Å²) in [5, 5.41) is 4.81. The molecule has 28 heavy (non-hydrogen) atoms. The molecule has 0 radical (unpaired) electrons. The molecule has 0 aliphatic carbocycles. The molecule has 1 N–H and O–H groups in total. The highest BCUT2D eigenvalue weighted by molar-refractivity contribution is 6.01. The number of likely N-dealkylation sites (tertiary alicyclic amines) is 1. The van der Waals surface area contributed by atoms with Crippen molar-refractivity contribution in [2.75, 3.05) is 18.4 Å². The molecule has 144 valence electrons. The quantitative estimate of drug-likeness (QED) is 0.717. The van der Waals surface area contributed by atoms with Gasteiger partial charge in [0.05, 0.1) is 24.3 Å². The maximum absolute atomic E-state index is 12.7. The van der Waals surface area contributed by atoms with E-state index < -0.39 is 17.8 Å². The molecule has 2 heterocycles. The fraction of sp³-hybridized carbons (Fsp3) is 0.200. The zero-order valence-corrected chi connectivity index (χ0v) is 14.6. The second-order valence-corrected chi connectivity index (χ2v) is 6.48. The Bertz CT molecular complexity index is 1010. The van der Waals surface area contributed by atoms with Gasteiger partial charge in [-0.05, 0) is 17.5 Å². The van der Waals surface area contributed by atoms with E-state index in [4.69, 9.17) is 4.74 Å². The summed E-state index contributed by atoms with van der Waals surface area (Å²) >= 11 is 0. The number of aromatic nitrogens is 1. The number of benzene rings is 2. The third-order valence-corrected chi connectivity index (χ3v) is 4.52. The number of halogens is 3. The van der Waals surface area contributed by atoms with Crippen molar-refractivity contribution in [2.45, 2.75) is 12.3 Å². The maximum Gasteiger partial charge on any atom is 0.416 e. The largest absolute Gasteiger partial charge is 0.471 e. The van der Waals surface area contributed by atoms with Crippen molar-refractivity contribution in [3.63, 3.8) is 0 Å². The summed E-state index contributed by atoms with van der Waals surface area (Å²) in [4.78, 5) is 17.7. The number of carbonyl (C=O) groups excluding carboxylic acids is 1. The average Bonchev–Trinajstić information content (AvgIpc) is 2.64. The van der Waals surface area contributed by atoms with Gasteiger partial charge in [0.1, 0.15) is 6.10 Å². The summed E-state index contributed by atoms with van der Waals surface area (Å²) in [6, 6.07) is 14.8. The molecule has 1 aromatic heterocycles. The summed E-state index contributed by atoms with van der Waals surface area (Å²) in [6.45, 7) is 0.545. The van der Waals surface area contributed by atoms with E-state index in [0.29, 0.717) is 5.69 Å². The molecular weight excluding hydrogens is 371 g/mol. The Hall–Kier alpha value is -3.29. The van der Waals surface area contributed by atoms with Crippen molar-refractivity contribution in [2.24, 2.45) is 0 Å². The van der Waals surface area contributed by atoms with Crippen LogP contribution in [0.4, 0.5) is 23.7 Å². The normalized spacial score (nSPS) is 14.6. The summed E-state index contributed by atoms with van der Waals surface area (Å²) in [5.74, 6) is -0.103. The van der Waals surface area contributed by atoms with Crippen LogP contribution in [0.2, 0.25) is 0 Å². The van der Waals surface area contributed by atoms with Gasteiger partial charge in [0.15, 0.2) is 0 Å². The van der Waals surface area contributed by atoms with E-state index in [0.717, 1.165) is 29.1 Å². The summed E-state index contributed by atoms with van der Waals surface area (Å²) in [7, 11) is 0. The molecule has 1 aliphatic heterocycles. The van der Waals surface area contributed by atoms with E-state index in [1.807, 2.05) is 42.5 Å². The van der Waals surface area contributed by atoms with Crippen molar-refractivity contribution in [1.29, 1.82) is 0 Å². The molecule has 5 nitrogen and oxygen atoms in total. The molecule has 4 rings (SSSR count). The van der Waals surface area contributed by atoms with E-state index in [9.17, 15) is 18.0 Å². The van der Waals surface area contributed by atoms with Crippen LogP contribution in [0, 0.1) is 0 Å². The van der Waals surface area contributed by atoms with Crippen LogP contribution >= 0.6 is 0 Å². The van der Waals surface area contributed by atoms with Crippen molar-refractivity contribution < 1.29 is 22.7 Å². The van der Waals surface area contributed by atoms with Crippen LogP contribution in [0.25, 0.3) is 10.8 Å². The molecule has 3 aromatic rings. The average molecular weight is 387 g/mol. The zero-order valence-electron chi connectivity index (χ0n) is 14.6. The standard InChI is InChI=1S/C20H16F3N3O2/c21-20(22,23)14-8-9-24-18(10-14)28-15-11-26(12-15)19(27)25-17-7-3-5-13-4-1-2-6-16(13)17/h1-10,15H,11-12H2,(H,25,27). The first-order chi connectivity index (χ1) is 13.4. The van der Waals surface area contributed by atoms with Crippen molar-refractivity contribution in [3.8, 4) is 5.88 Å². The van der Waals surface area contributed by atoms with Gasteiger partial charge in [-0.15, -0.1) is 0 Å². The van der Waals surface area contributed by atoms with Crippen LogP contribution in [-0.2, 0) is 6.18 Å². The molecular formula is C20H16F3N3O2. The van der Waals surface area contributed by atoms with Crippen molar-refractivity contribution in [3.05, 3.63) is 66.4 Å². The van der Waals surface area contributed by atoms with Gasteiger partial charge >= 0.3 is 12.2 Å². The number of nitrogens with zero attached hydrogens (tertiary/aromatic N) is 2. The van der Waals surface area contributed by atoms with Crippen LogP contribution in [0.5, 0.6) is 5.88 Å². The van der Waals surface area contributed by atoms with Gasteiger partial charge in [-0.2, -0.15) is 13.2 Å². The van der Waals surface area contributed by atoms with Crippen LogP contribution in [0.1, 0.15) is 5.56 Å². The predicted octanol–water partition coefficient (Wildman–Crippen LogP) is 4.55. The number of nitrogens with one attached hydrogen (secondary N) is 1. The third kappa shape index (κ3) is 3.71. The summed E-state index contributed by atoms with van der Waals surface area (Å²) in [5.41, 5.74) is -0.116. The second kappa shape index (κ2) is 7.03. The molecule has 8 heteroatoms. The molecule has 1 saturated heterocycles. The Balaban J connectivity index is 1.36. The number of hydrogen-bond donors (Lipinski definition) is 1. The van der Waals surface area contributed by atoms with Gasteiger partial charge < -0.3 is 15.0 Å². The molecule has 2 aromatic carbocycles. The van der Waals surface area contributed by atoms with Gasteiger partial charge in [0.2, 0.25) is 5.88 Å². The Kier molecular flexibility index (Phi) is 4.54. The van der Waals surface area contributed by atoms with E-state index >= 15 is 0 Å². The number of hydrogen-bond acceptors (Lipinski definition) is 3. The zero-order chi connectivity index (χ0) is 19.7. The fourth-order valence-electron chi connectivity index (χ4n) is 3.03. The predicted molar refractivity (Wildman–Crippen MR) is 98.2 cm³/mol. The second-order valence-electron chi connectivity index (χ2n) is 6.48. The lowest BCUT2D eigenvalue weighted by Crippen LogP contribution is -2.57. The number of anilines is 1. The van der Waals surface area contributed by atoms with E-state index in [1.165, 1.54) is 4.90 Å². The molecule has 0 unspecified atom stereocenters. The van der Waals surface area contributed by atoms with Crippen LogP contribution in [-0.4, -0.2) is 35.1 Å². The van der Waals surface area contributed by atoms with E-state index in [1.54, 1.807) is 0 Å². The smallest absolute Gasteiger partial charge is 0.416 e. The first-order valence-electron chi connectivity index (χ1n) is 8.64. The van der Waals surface area contributed by atoms with E-state index in [-0.39, 0.29) is 25.0 Å². The van der Waals surface area contributed by atoms with Gasteiger partial charge in [-0.3, -0.25) is 0 Å². The van der Waals surface area contributed by atoms with Gasteiger partial charge in [0.25, 0.3) is 0 Å². The number of rotatable bonds is 3. The summed E-state index contributed by atoms with van der Waals surface area (Å²) in [6.07, 6.45) is -3.79. The molecule has 1 fully saturated rings. The Morgan fingerprint density at radius 1 is 1.11 bits per heavy atom. The van der Waals surface area contributed by atoms with Crippen molar-refractivity contribution in [1.82, 2.24) is 9.88 Å². The number of pyridine rings is 1. The minimum absolute atomic E-state index is 0.103. The third-order valence-electron chi connectivity index (χ3n) is 4.52. The topological polar surface area (TPSA) is 54.5 Å². The van der Waals surface area contributed by atoms with Crippen LogP contribution in [0.3, 0.4) is 0 Å². The molecule has 0 saturated carbocycles. The van der Waals surface area contributed by atoms with Gasteiger partial charge in [-0.25, -0.2) is 9.78 Å². The molecule has 0 bridgehead atoms. The molecule has 0 spiro atoms. The first kappa shape index (κ1) is 18.1. The van der Waals surface area contributed by atoms with Crippen molar-refractivity contribution >= 4 is 22.5 Å². The lowest BCUT2D eigenvalue weighted by molar-refractivity contribution is -0.137. The Morgan fingerprint density at radius 3 is 2.64 bits per heavy atom. The van der Waals surface area contributed by atoms with Crippen LogP contribution < -0.4 is 10.1 Å². The number of alkyl halides is 3. The number of ether oxygens (including phenoxy) is 1.